The molecule has 0 radical (unpaired) electrons. The maximum absolute atomic E-state index is 14.2. The van der Waals surface area contributed by atoms with Gasteiger partial charge in [-0.1, -0.05) is 64.2 Å². The second-order valence-electron chi connectivity index (χ2n) is 18.8. The molecule has 1 aromatic carbocycles. The summed E-state index contributed by atoms with van der Waals surface area (Å²) in [5.74, 6) is -1.89. The standard InChI is InChI=1S/C52H65N13O8/c1-33(2)46(62-43(66)18-9-6-10-28-63-44(67)25-26-45(63)68)50(70)59-40(17-12-27-54-51(53)71)49(69)58-37-22-19-35(20-23-37)31-73-52(72)64(38-14-7-4-5-8-15-38)30-41-60-47(36-21-24-42-55-32-56-65(42)29-36)48(61-41)39-16-11-13-34(3)57-39/h11,13,16,19-26,29,32-33,38,40,46H,4-10,12,14-15,17-18,27-28,30-31H2,1-3H3,(H,58,69)(H,59,70)(H,60,61)(H,62,66)(H3,53,54,71)/t40-,46?/m0/s1. The number of urea groups is 1. The van der Waals surface area contributed by atoms with Crippen molar-refractivity contribution in [3.63, 3.8) is 0 Å². The summed E-state index contributed by atoms with van der Waals surface area (Å²) in [6.45, 7) is 6.04. The summed E-state index contributed by atoms with van der Waals surface area (Å²) in [7, 11) is 0. The molecule has 5 aromatic rings. The number of rotatable bonds is 23. The molecule has 8 amide bonds. The molecular formula is C52H65N13O8. The smallest absolute Gasteiger partial charge is 0.410 e. The molecule has 4 aromatic heterocycles. The number of nitrogens with zero attached hydrogens (tertiary/aromatic N) is 7. The van der Waals surface area contributed by atoms with E-state index in [1.54, 1.807) is 47.5 Å². The topological polar surface area (TPSA) is 281 Å². The minimum absolute atomic E-state index is 0.0394. The Hall–Kier alpha value is -7.97. The van der Waals surface area contributed by atoms with Gasteiger partial charge in [0.15, 0.2) is 5.65 Å². The number of fused-ring (bicyclic) bond motifs is 1. The van der Waals surface area contributed by atoms with E-state index in [9.17, 15) is 33.6 Å². The summed E-state index contributed by atoms with van der Waals surface area (Å²) in [5.41, 5.74) is 10.8. The van der Waals surface area contributed by atoms with Gasteiger partial charge in [-0.05, 0) is 93.3 Å². The summed E-state index contributed by atoms with van der Waals surface area (Å²) >= 11 is 0. The van der Waals surface area contributed by atoms with Crippen molar-refractivity contribution in [2.75, 3.05) is 18.4 Å². The number of hydrogen-bond acceptors (Lipinski definition) is 12. The zero-order valence-electron chi connectivity index (χ0n) is 41.6. The van der Waals surface area contributed by atoms with Crippen LogP contribution in [-0.2, 0) is 41.9 Å². The molecule has 1 fully saturated rings. The predicted octanol–water partition coefficient (Wildman–Crippen LogP) is 5.85. The maximum atomic E-state index is 14.2. The Labute approximate surface area is 423 Å². The Morgan fingerprint density at radius 3 is 2.34 bits per heavy atom. The number of ether oxygens (including phenoxy) is 1. The van der Waals surface area contributed by atoms with Gasteiger partial charge >= 0.3 is 12.1 Å². The maximum Gasteiger partial charge on any atom is 0.410 e. The Kier molecular flexibility index (Phi) is 18.4. The number of carbonyl (C=O) groups excluding carboxylic acids is 7. The van der Waals surface area contributed by atoms with Crippen molar-refractivity contribution >= 4 is 53.0 Å². The van der Waals surface area contributed by atoms with Gasteiger partial charge in [0.05, 0.1) is 17.9 Å². The average molecular weight is 1000 g/mol. The van der Waals surface area contributed by atoms with Crippen LogP contribution < -0.4 is 27.0 Å². The van der Waals surface area contributed by atoms with Gasteiger partial charge in [0.1, 0.15) is 36.5 Å². The summed E-state index contributed by atoms with van der Waals surface area (Å²) in [4.78, 5) is 110. The number of H-pyrrole nitrogens is 1. The van der Waals surface area contributed by atoms with Crippen LogP contribution in [-0.4, -0.2) is 112 Å². The van der Waals surface area contributed by atoms with E-state index in [2.05, 4.69) is 36.3 Å². The molecule has 1 aliphatic carbocycles. The van der Waals surface area contributed by atoms with Crippen LogP contribution >= 0.6 is 0 Å². The minimum atomic E-state index is -1.05. The van der Waals surface area contributed by atoms with Crippen molar-refractivity contribution < 1.29 is 38.3 Å². The van der Waals surface area contributed by atoms with E-state index in [1.807, 2.05) is 43.5 Å². The van der Waals surface area contributed by atoms with E-state index in [0.29, 0.717) is 59.8 Å². The number of amides is 8. The van der Waals surface area contributed by atoms with Crippen LogP contribution in [0, 0.1) is 12.8 Å². The number of imidazole rings is 1. The van der Waals surface area contributed by atoms with Gasteiger partial charge in [-0.3, -0.25) is 38.8 Å². The first-order chi connectivity index (χ1) is 35.2. The van der Waals surface area contributed by atoms with Crippen LogP contribution in [0.4, 0.5) is 15.3 Å². The first-order valence-corrected chi connectivity index (χ1v) is 25.0. The Morgan fingerprint density at radius 2 is 1.63 bits per heavy atom. The molecule has 73 heavy (non-hydrogen) atoms. The van der Waals surface area contributed by atoms with Gasteiger partial charge in [-0.25, -0.2) is 24.1 Å². The van der Waals surface area contributed by atoms with E-state index in [1.165, 1.54) is 18.5 Å². The number of unbranched alkanes of at least 4 members (excludes halogenated alkanes) is 2. The fourth-order valence-corrected chi connectivity index (χ4v) is 8.96. The van der Waals surface area contributed by atoms with E-state index in [-0.39, 0.29) is 68.8 Å². The lowest BCUT2D eigenvalue weighted by atomic mass is 10.0. The van der Waals surface area contributed by atoms with E-state index in [0.717, 1.165) is 60.4 Å². The van der Waals surface area contributed by atoms with Crippen LogP contribution in [0.15, 0.2) is 79.3 Å². The van der Waals surface area contributed by atoms with Gasteiger partial charge in [0, 0.05) is 60.8 Å². The first-order valence-electron chi connectivity index (χ1n) is 25.0. The van der Waals surface area contributed by atoms with Gasteiger partial charge in [0.2, 0.25) is 17.7 Å². The zero-order valence-corrected chi connectivity index (χ0v) is 41.6. The molecule has 7 rings (SSSR count). The number of anilines is 1. The highest BCUT2D eigenvalue weighted by Crippen LogP contribution is 2.31. The molecule has 2 atom stereocenters. The SMILES string of the molecule is Cc1cccc(-c2nc(CN(C(=O)OCc3ccc(NC(=O)[C@H](CCCNC(N)=O)NC(=O)C(NC(=O)CCCCCN4C(=O)C=CC4=O)C(C)C)cc3)C3CCCCCC3)[nH]c2-c2ccc3ncnn3c2)n1. The largest absolute Gasteiger partial charge is 0.445 e. The van der Waals surface area contributed by atoms with Gasteiger partial charge in [-0.2, -0.15) is 5.10 Å². The number of primary amides is 1. The molecular weight excluding hydrogens is 935 g/mol. The Balaban J connectivity index is 0.976. The highest BCUT2D eigenvalue weighted by atomic mass is 16.6. The van der Waals surface area contributed by atoms with E-state index in [4.69, 9.17) is 20.4 Å². The summed E-state index contributed by atoms with van der Waals surface area (Å²) in [6.07, 6.45) is 13.3. The van der Waals surface area contributed by atoms with Gasteiger partial charge in [-0.15, -0.1) is 0 Å². The number of aryl methyl sites for hydroxylation is 1. The number of carbonyl (C=O) groups is 7. The quantitative estimate of drug-likeness (QED) is 0.0255. The monoisotopic (exact) mass is 1000 g/mol. The molecule has 5 heterocycles. The molecule has 2 aliphatic rings. The lowest BCUT2D eigenvalue weighted by Crippen LogP contribution is -2.54. The summed E-state index contributed by atoms with van der Waals surface area (Å²) in [5, 5.41) is 15.3. The zero-order chi connectivity index (χ0) is 51.9. The number of nitrogens with one attached hydrogen (secondary N) is 5. The Bertz CT molecular complexity index is 2760. The van der Waals surface area contributed by atoms with Crippen molar-refractivity contribution in [3.8, 4) is 22.6 Å². The molecule has 0 saturated heterocycles. The summed E-state index contributed by atoms with van der Waals surface area (Å²) < 4.78 is 7.70. The van der Waals surface area contributed by atoms with E-state index < -0.39 is 36.0 Å². The lowest BCUT2D eigenvalue weighted by molar-refractivity contribution is -0.137. The number of nitrogens with two attached hydrogens (primary N) is 1. The minimum Gasteiger partial charge on any atom is -0.445 e. The Morgan fingerprint density at radius 1 is 0.877 bits per heavy atom. The molecule has 386 valence electrons. The van der Waals surface area contributed by atoms with Crippen LogP contribution in [0.2, 0.25) is 0 Å². The summed E-state index contributed by atoms with van der Waals surface area (Å²) in [6, 6.07) is 13.6. The number of hydrogen-bond donors (Lipinski definition) is 6. The van der Waals surface area contributed by atoms with Crippen LogP contribution in [0.5, 0.6) is 0 Å². The molecule has 0 bridgehead atoms. The molecule has 21 nitrogen and oxygen atoms in total. The molecule has 0 spiro atoms. The third-order valence-corrected chi connectivity index (χ3v) is 12.9. The van der Waals surface area contributed by atoms with Crippen LogP contribution in [0.25, 0.3) is 28.3 Å². The van der Waals surface area contributed by atoms with Crippen molar-refractivity contribution in [2.24, 2.45) is 11.7 Å². The van der Waals surface area contributed by atoms with Crippen molar-refractivity contribution in [1.82, 2.24) is 55.3 Å². The van der Waals surface area contributed by atoms with Crippen LogP contribution in [0.3, 0.4) is 0 Å². The third-order valence-electron chi connectivity index (χ3n) is 12.9. The lowest BCUT2D eigenvalue weighted by Gasteiger charge is -2.29. The third kappa shape index (κ3) is 14.8. The normalized spacial score (nSPS) is 14.7. The molecule has 1 unspecified atom stereocenters. The highest BCUT2D eigenvalue weighted by Gasteiger charge is 2.31. The average Bonchev–Trinajstić information content (AvgIpc) is 4.04. The molecule has 7 N–H and O–H groups in total. The number of pyridine rings is 2. The van der Waals surface area contributed by atoms with Crippen molar-refractivity contribution in [1.29, 1.82) is 0 Å². The fraction of sp³-hybridized carbons (Fsp3) is 0.442. The second-order valence-corrected chi connectivity index (χ2v) is 18.8. The van der Waals surface area contributed by atoms with Crippen molar-refractivity contribution in [3.05, 3.63) is 96.4 Å². The number of imide groups is 1. The molecule has 21 heteroatoms. The fourth-order valence-electron chi connectivity index (χ4n) is 8.96. The predicted molar refractivity (Wildman–Crippen MR) is 271 cm³/mol. The van der Waals surface area contributed by atoms with Crippen molar-refractivity contribution in [2.45, 2.75) is 129 Å². The number of aromatic amines is 1. The van der Waals surface area contributed by atoms with E-state index >= 15 is 0 Å². The molecule has 1 saturated carbocycles. The number of benzene rings is 1. The highest BCUT2D eigenvalue weighted by molar-refractivity contribution is 6.12. The van der Waals surface area contributed by atoms with Gasteiger partial charge in [0.25, 0.3) is 11.8 Å². The first kappa shape index (κ1) is 52.8. The number of aromatic nitrogens is 6. The molecule has 1 aliphatic heterocycles. The van der Waals surface area contributed by atoms with Gasteiger partial charge < -0.3 is 36.7 Å². The van der Waals surface area contributed by atoms with Crippen LogP contribution in [0.1, 0.15) is 108 Å². The second kappa shape index (κ2) is 25.4.